The average molecular weight is 177 g/mol. The van der Waals surface area contributed by atoms with Gasteiger partial charge < -0.3 is 4.74 Å². The number of ether oxygens (including phenoxy) is 1. The summed E-state index contributed by atoms with van der Waals surface area (Å²) in [5.74, 6) is 1.49. The van der Waals surface area contributed by atoms with Gasteiger partial charge in [0.05, 0.1) is 12.8 Å². The lowest BCUT2D eigenvalue weighted by Gasteiger charge is -2.17. The van der Waals surface area contributed by atoms with Crippen LogP contribution in [0.25, 0.3) is 0 Å². The van der Waals surface area contributed by atoms with E-state index in [1.165, 1.54) is 11.3 Å². The molecule has 0 aromatic carbocycles. The summed E-state index contributed by atoms with van der Waals surface area (Å²) in [6.45, 7) is 5.17. The van der Waals surface area contributed by atoms with Crippen molar-refractivity contribution in [1.82, 2.24) is 4.98 Å². The first-order valence-corrected chi connectivity index (χ1v) is 4.89. The van der Waals surface area contributed by atoms with Gasteiger partial charge in [0.2, 0.25) is 0 Å². The zero-order chi connectivity index (χ0) is 9.26. The molecule has 1 aliphatic rings. The molecule has 2 heteroatoms. The van der Waals surface area contributed by atoms with Crippen molar-refractivity contribution in [3.63, 3.8) is 0 Å². The fourth-order valence-electron chi connectivity index (χ4n) is 1.59. The van der Waals surface area contributed by atoms with Gasteiger partial charge in [-0.15, -0.1) is 0 Å². The molecule has 0 spiro atoms. The second-order valence-electron chi connectivity index (χ2n) is 3.82. The second-order valence-corrected chi connectivity index (χ2v) is 3.82. The molecule has 13 heavy (non-hydrogen) atoms. The predicted octanol–water partition coefficient (Wildman–Crippen LogP) is 2.53. The molecule has 2 nitrogen and oxygen atoms in total. The second kappa shape index (κ2) is 3.36. The molecule has 0 amide bonds. The van der Waals surface area contributed by atoms with Crippen molar-refractivity contribution in [1.29, 1.82) is 0 Å². The van der Waals surface area contributed by atoms with Crippen LogP contribution in [0.3, 0.4) is 0 Å². The van der Waals surface area contributed by atoms with E-state index in [2.05, 4.69) is 24.9 Å². The van der Waals surface area contributed by atoms with Gasteiger partial charge in [0.15, 0.2) is 0 Å². The van der Waals surface area contributed by atoms with Crippen molar-refractivity contribution >= 4 is 0 Å². The molecule has 0 bridgehead atoms. The van der Waals surface area contributed by atoms with E-state index in [9.17, 15) is 0 Å². The smallest absolute Gasteiger partial charge is 0.140 e. The molecular weight excluding hydrogens is 162 g/mol. The summed E-state index contributed by atoms with van der Waals surface area (Å²) in [5.41, 5.74) is 2.49. The zero-order valence-corrected chi connectivity index (χ0v) is 8.21. The SMILES string of the molecule is CC(C)c1cc2c(cn1)OCCC2. The van der Waals surface area contributed by atoms with Crippen molar-refractivity contribution in [2.45, 2.75) is 32.6 Å². The summed E-state index contributed by atoms with van der Waals surface area (Å²) in [4.78, 5) is 4.37. The Balaban J connectivity index is 2.35. The third-order valence-electron chi connectivity index (χ3n) is 2.41. The molecule has 2 heterocycles. The first-order valence-electron chi connectivity index (χ1n) is 4.89. The van der Waals surface area contributed by atoms with Crippen molar-refractivity contribution in [3.05, 3.63) is 23.5 Å². The Kier molecular flexibility index (Phi) is 2.21. The van der Waals surface area contributed by atoms with Crippen LogP contribution >= 0.6 is 0 Å². The molecule has 1 aliphatic heterocycles. The molecule has 1 aromatic rings. The monoisotopic (exact) mass is 177 g/mol. The van der Waals surface area contributed by atoms with E-state index in [4.69, 9.17) is 4.74 Å². The minimum Gasteiger partial charge on any atom is -0.492 e. The summed E-state index contributed by atoms with van der Waals surface area (Å²) in [6.07, 6.45) is 4.13. The van der Waals surface area contributed by atoms with Crippen molar-refractivity contribution in [2.75, 3.05) is 6.61 Å². The quantitative estimate of drug-likeness (QED) is 0.657. The van der Waals surface area contributed by atoms with Crippen LogP contribution in [0.4, 0.5) is 0 Å². The Hall–Kier alpha value is -1.05. The molecule has 2 rings (SSSR count). The molecular formula is C11H15NO. The van der Waals surface area contributed by atoms with Crippen LogP contribution in [0.2, 0.25) is 0 Å². The van der Waals surface area contributed by atoms with Gasteiger partial charge in [-0.25, -0.2) is 0 Å². The van der Waals surface area contributed by atoms with E-state index < -0.39 is 0 Å². The maximum atomic E-state index is 5.50. The van der Waals surface area contributed by atoms with Crippen molar-refractivity contribution in [2.24, 2.45) is 0 Å². The Morgan fingerprint density at radius 2 is 2.31 bits per heavy atom. The molecule has 0 atom stereocenters. The maximum absolute atomic E-state index is 5.50. The lowest BCUT2D eigenvalue weighted by Crippen LogP contribution is -2.09. The minimum absolute atomic E-state index is 0.507. The zero-order valence-electron chi connectivity index (χ0n) is 8.21. The van der Waals surface area contributed by atoms with E-state index >= 15 is 0 Å². The number of rotatable bonds is 1. The highest BCUT2D eigenvalue weighted by Gasteiger charge is 2.12. The van der Waals surface area contributed by atoms with E-state index in [1.54, 1.807) is 0 Å². The van der Waals surface area contributed by atoms with Gasteiger partial charge in [0, 0.05) is 5.69 Å². The van der Waals surface area contributed by atoms with Crippen LogP contribution < -0.4 is 4.74 Å². The summed E-state index contributed by atoms with van der Waals surface area (Å²) in [5, 5.41) is 0. The standard InChI is InChI=1S/C11H15NO/c1-8(2)10-6-9-4-3-5-13-11(9)7-12-10/h6-8H,3-5H2,1-2H3. The third-order valence-corrected chi connectivity index (χ3v) is 2.41. The largest absolute Gasteiger partial charge is 0.492 e. The predicted molar refractivity (Wildman–Crippen MR) is 52.1 cm³/mol. The van der Waals surface area contributed by atoms with Crippen molar-refractivity contribution < 1.29 is 4.74 Å². The third kappa shape index (κ3) is 1.67. The normalized spacial score (nSPS) is 15.3. The van der Waals surface area contributed by atoms with Crippen LogP contribution in [0.1, 0.15) is 37.4 Å². The molecule has 0 saturated carbocycles. The van der Waals surface area contributed by atoms with Gasteiger partial charge in [-0.3, -0.25) is 4.98 Å². The molecule has 0 unspecified atom stereocenters. The maximum Gasteiger partial charge on any atom is 0.140 e. The molecule has 0 N–H and O–H groups in total. The van der Waals surface area contributed by atoms with Gasteiger partial charge in [0.25, 0.3) is 0 Å². The van der Waals surface area contributed by atoms with Crippen LogP contribution in [0.15, 0.2) is 12.3 Å². The number of aromatic nitrogens is 1. The Morgan fingerprint density at radius 1 is 1.46 bits per heavy atom. The molecule has 0 saturated heterocycles. The number of aryl methyl sites for hydroxylation is 1. The summed E-state index contributed by atoms with van der Waals surface area (Å²) in [7, 11) is 0. The number of nitrogens with zero attached hydrogens (tertiary/aromatic N) is 1. The topological polar surface area (TPSA) is 22.1 Å². The van der Waals surface area contributed by atoms with Gasteiger partial charge >= 0.3 is 0 Å². The fourth-order valence-corrected chi connectivity index (χ4v) is 1.59. The van der Waals surface area contributed by atoms with Crippen LogP contribution in [0.5, 0.6) is 5.75 Å². The first-order chi connectivity index (χ1) is 6.27. The van der Waals surface area contributed by atoms with Crippen LogP contribution in [0, 0.1) is 0 Å². The summed E-state index contributed by atoms with van der Waals surface area (Å²) in [6, 6.07) is 2.18. The Labute approximate surface area is 78.9 Å². The van der Waals surface area contributed by atoms with E-state index in [0.29, 0.717) is 5.92 Å². The van der Waals surface area contributed by atoms with E-state index in [1.807, 2.05) is 6.20 Å². The lowest BCUT2D eigenvalue weighted by atomic mass is 10.0. The molecule has 0 aliphatic carbocycles. The molecule has 0 radical (unpaired) electrons. The average Bonchev–Trinajstić information content (AvgIpc) is 2.17. The summed E-state index contributed by atoms with van der Waals surface area (Å²) < 4.78 is 5.50. The Morgan fingerprint density at radius 3 is 3.08 bits per heavy atom. The number of hydrogen-bond donors (Lipinski definition) is 0. The number of hydrogen-bond acceptors (Lipinski definition) is 2. The van der Waals surface area contributed by atoms with E-state index in [-0.39, 0.29) is 0 Å². The molecule has 70 valence electrons. The molecule has 0 fully saturated rings. The van der Waals surface area contributed by atoms with Crippen LogP contribution in [-0.2, 0) is 6.42 Å². The van der Waals surface area contributed by atoms with Gasteiger partial charge in [-0.2, -0.15) is 0 Å². The highest BCUT2D eigenvalue weighted by molar-refractivity contribution is 5.34. The van der Waals surface area contributed by atoms with Gasteiger partial charge in [-0.1, -0.05) is 13.8 Å². The van der Waals surface area contributed by atoms with Gasteiger partial charge in [-0.05, 0) is 30.4 Å². The lowest BCUT2D eigenvalue weighted by molar-refractivity contribution is 0.286. The summed E-state index contributed by atoms with van der Waals surface area (Å²) >= 11 is 0. The minimum atomic E-state index is 0.507. The number of pyridine rings is 1. The molecule has 1 aromatic heterocycles. The highest BCUT2D eigenvalue weighted by atomic mass is 16.5. The van der Waals surface area contributed by atoms with Crippen molar-refractivity contribution in [3.8, 4) is 5.75 Å². The Bertz CT molecular complexity index is 307. The van der Waals surface area contributed by atoms with E-state index in [0.717, 1.165) is 25.2 Å². The number of fused-ring (bicyclic) bond motifs is 1. The fraction of sp³-hybridized carbons (Fsp3) is 0.545. The highest BCUT2D eigenvalue weighted by Crippen LogP contribution is 2.26. The van der Waals surface area contributed by atoms with Crippen LogP contribution in [-0.4, -0.2) is 11.6 Å². The first kappa shape index (κ1) is 8.54. The van der Waals surface area contributed by atoms with Gasteiger partial charge in [0.1, 0.15) is 5.75 Å².